The van der Waals surface area contributed by atoms with Gasteiger partial charge in [-0.1, -0.05) is 54.1 Å². The molecule has 0 spiro atoms. The van der Waals surface area contributed by atoms with Gasteiger partial charge in [0.25, 0.3) is 11.8 Å². The first-order chi connectivity index (χ1) is 15.5. The van der Waals surface area contributed by atoms with Crippen molar-refractivity contribution in [3.05, 3.63) is 113 Å². The molecule has 2 amide bonds. The molecule has 32 heavy (non-hydrogen) atoms. The number of aryl methyl sites for hydroxylation is 1. The van der Waals surface area contributed by atoms with Crippen molar-refractivity contribution < 1.29 is 14.0 Å². The third-order valence-corrected chi connectivity index (χ3v) is 4.89. The summed E-state index contributed by atoms with van der Waals surface area (Å²) in [5.74, 6) is -1.57. The van der Waals surface area contributed by atoms with Crippen molar-refractivity contribution in [1.82, 2.24) is 10.3 Å². The summed E-state index contributed by atoms with van der Waals surface area (Å²) in [4.78, 5) is 30.2. The van der Waals surface area contributed by atoms with Gasteiger partial charge in [-0.2, -0.15) is 0 Å². The van der Waals surface area contributed by atoms with E-state index in [1.165, 1.54) is 18.2 Å². The fraction of sp³-hybridized carbons (Fsp3) is 0.0385. The smallest absolute Gasteiger partial charge is 0.272 e. The minimum atomic E-state index is -0.591. The lowest BCUT2D eigenvalue weighted by molar-refractivity contribution is -0.113. The van der Waals surface area contributed by atoms with Crippen molar-refractivity contribution in [3.63, 3.8) is 0 Å². The normalized spacial score (nSPS) is 11.2. The zero-order valence-corrected chi connectivity index (χ0v) is 17.3. The highest BCUT2D eigenvalue weighted by Gasteiger charge is 2.17. The third-order valence-electron chi connectivity index (χ3n) is 4.89. The zero-order valence-electron chi connectivity index (χ0n) is 17.3. The molecule has 0 saturated carbocycles. The molecule has 0 aliphatic heterocycles. The topological polar surface area (TPSA) is 71.1 Å². The molecule has 4 aromatic rings. The van der Waals surface area contributed by atoms with Crippen LogP contribution in [0.1, 0.15) is 21.5 Å². The van der Waals surface area contributed by atoms with Crippen LogP contribution in [-0.2, 0) is 4.79 Å². The monoisotopic (exact) mass is 425 g/mol. The second-order valence-electron chi connectivity index (χ2n) is 7.23. The van der Waals surface area contributed by atoms with Crippen LogP contribution in [0, 0.1) is 12.7 Å². The fourth-order valence-corrected chi connectivity index (χ4v) is 3.20. The molecule has 0 aliphatic rings. The van der Waals surface area contributed by atoms with Gasteiger partial charge in [0.05, 0.1) is 11.2 Å². The number of halogens is 1. The summed E-state index contributed by atoms with van der Waals surface area (Å²) in [5, 5.41) is 6.26. The van der Waals surface area contributed by atoms with E-state index in [-0.39, 0.29) is 11.3 Å². The Hall–Kier alpha value is -4.32. The maximum absolute atomic E-state index is 14.3. The number of nitrogens with one attached hydrogen (secondary N) is 2. The van der Waals surface area contributed by atoms with E-state index in [1.807, 2.05) is 19.1 Å². The number of pyridine rings is 1. The number of hydrogen-bond donors (Lipinski definition) is 2. The highest BCUT2D eigenvalue weighted by molar-refractivity contribution is 6.12. The molecule has 0 fully saturated rings. The van der Waals surface area contributed by atoms with Crippen LogP contribution in [0.15, 0.2) is 90.8 Å². The van der Waals surface area contributed by atoms with Gasteiger partial charge in [0.15, 0.2) is 0 Å². The van der Waals surface area contributed by atoms with Crippen LogP contribution >= 0.6 is 0 Å². The van der Waals surface area contributed by atoms with Gasteiger partial charge in [0.1, 0.15) is 11.5 Å². The van der Waals surface area contributed by atoms with E-state index >= 15 is 0 Å². The van der Waals surface area contributed by atoms with Crippen molar-refractivity contribution in [1.29, 1.82) is 0 Å². The molecule has 4 rings (SSSR count). The minimum absolute atomic E-state index is 0.0893. The molecule has 0 unspecified atom stereocenters. The number of carbonyl (C=O) groups is 2. The standard InChI is InChI=1S/C26H20FN3O2/c1-17-11-13-19(14-12-17)25(31)30-23(16-20-6-2-3-9-21(20)27)26(32)29-22-10-4-7-18-8-5-15-28-24(18)22/h2-16H,1H3,(H,29,32)(H,30,31). The number of aromatic nitrogens is 1. The summed E-state index contributed by atoms with van der Waals surface area (Å²) in [6.07, 6.45) is 2.95. The Labute approximate surface area is 184 Å². The van der Waals surface area contributed by atoms with E-state index < -0.39 is 17.6 Å². The molecule has 0 radical (unpaired) electrons. The minimum Gasteiger partial charge on any atom is -0.319 e. The van der Waals surface area contributed by atoms with Gasteiger partial charge in [0.2, 0.25) is 0 Å². The number of anilines is 1. The molecule has 0 aliphatic carbocycles. The predicted molar refractivity (Wildman–Crippen MR) is 123 cm³/mol. The predicted octanol–water partition coefficient (Wildman–Crippen LogP) is 5.09. The van der Waals surface area contributed by atoms with Crippen LogP contribution in [0.2, 0.25) is 0 Å². The maximum atomic E-state index is 14.3. The molecule has 158 valence electrons. The first-order valence-corrected chi connectivity index (χ1v) is 10.0. The number of para-hydroxylation sites is 1. The van der Waals surface area contributed by atoms with E-state index in [4.69, 9.17) is 0 Å². The van der Waals surface area contributed by atoms with Crippen LogP contribution in [0.3, 0.4) is 0 Å². The Morgan fingerprint density at radius 2 is 1.66 bits per heavy atom. The fourth-order valence-electron chi connectivity index (χ4n) is 3.20. The average Bonchev–Trinajstić information content (AvgIpc) is 2.80. The van der Waals surface area contributed by atoms with E-state index in [1.54, 1.807) is 60.8 Å². The van der Waals surface area contributed by atoms with Gasteiger partial charge in [-0.25, -0.2) is 4.39 Å². The highest BCUT2D eigenvalue weighted by Crippen LogP contribution is 2.21. The SMILES string of the molecule is Cc1ccc(C(=O)NC(=Cc2ccccc2F)C(=O)Nc2cccc3cccnc23)cc1. The number of carbonyl (C=O) groups excluding carboxylic acids is 2. The molecule has 5 nitrogen and oxygen atoms in total. The Bertz CT molecular complexity index is 1330. The molecule has 0 bridgehead atoms. The quantitative estimate of drug-likeness (QED) is 0.438. The van der Waals surface area contributed by atoms with Crippen LogP contribution in [0.25, 0.3) is 17.0 Å². The van der Waals surface area contributed by atoms with Crippen molar-refractivity contribution in [2.45, 2.75) is 6.92 Å². The third kappa shape index (κ3) is 4.70. The van der Waals surface area contributed by atoms with Crippen molar-refractivity contribution in [3.8, 4) is 0 Å². The first-order valence-electron chi connectivity index (χ1n) is 10.0. The number of hydrogen-bond acceptors (Lipinski definition) is 3. The average molecular weight is 425 g/mol. The summed E-state index contributed by atoms with van der Waals surface area (Å²) in [6, 6.07) is 22.0. The van der Waals surface area contributed by atoms with E-state index in [2.05, 4.69) is 15.6 Å². The molecular weight excluding hydrogens is 405 g/mol. The van der Waals surface area contributed by atoms with Gasteiger partial charge in [0, 0.05) is 22.7 Å². The molecule has 1 heterocycles. The van der Waals surface area contributed by atoms with Gasteiger partial charge < -0.3 is 10.6 Å². The lowest BCUT2D eigenvalue weighted by Crippen LogP contribution is -2.30. The maximum Gasteiger partial charge on any atom is 0.272 e. The Balaban J connectivity index is 1.68. The molecule has 0 saturated heterocycles. The number of amides is 2. The molecule has 3 aromatic carbocycles. The van der Waals surface area contributed by atoms with Gasteiger partial charge in [-0.3, -0.25) is 14.6 Å². The lowest BCUT2D eigenvalue weighted by Gasteiger charge is -2.13. The number of fused-ring (bicyclic) bond motifs is 1. The van der Waals surface area contributed by atoms with Crippen molar-refractivity contribution >= 4 is 34.5 Å². The van der Waals surface area contributed by atoms with Crippen molar-refractivity contribution in [2.24, 2.45) is 0 Å². The molecule has 6 heteroatoms. The van der Waals surface area contributed by atoms with Crippen LogP contribution in [-0.4, -0.2) is 16.8 Å². The van der Waals surface area contributed by atoms with E-state index in [0.29, 0.717) is 16.8 Å². The number of rotatable bonds is 5. The second kappa shape index (κ2) is 9.22. The molecule has 2 N–H and O–H groups in total. The van der Waals surface area contributed by atoms with Crippen LogP contribution < -0.4 is 10.6 Å². The van der Waals surface area contributed by atoms with Gasteiger partial charge in [-0.15, -0.1) is 0 Å². The summed E-state index contributed by atoms with van der Waals surface area (Å²) >= 11 is 0. The summed E-state index contributed by atoms with van der Waals surface area (Å²) in [5.41, 5.74) is 2.57. The molecular formula is C26H20FN3O2. The highest BCUT2D eigenvalue weighted by atomic mass is 19.1. The Kier molecular flexibility index (Phi) is 6.03. The lowest BCUT2D eigenvalue weighted by atomic mass is 10.1. The van der Waals surface area contributed by atoms with Crippen molar-refractivity contribution in [2.75, 3.05) is 5.32 Å². The van der Waals surface area contributed by atoms with Gasteiger partial charge in [-0.05, 0) is 43.3 Å². The Morgan fingerprint density at radius 3 is 2.44 bits per heavy atom. The number of benzene rings is 3. The first kappa shape index (κ1) is 20.9. The Morgan fingerprint density at radius 1 is 0.906 bits per heavy atom. The summed E-state index contributed by atoms with van der Waals surface area (Å²) < 4.78 is 14.3. The van der Waals surface area contributed by atoms with Crippen LogP contribution in [0.5, 0.6) is 0 Å². The zero-order chi connectivity index (χ0) is 22.5. The molecule has 0 atom stereocenters. The van der Waals surface area contributed by atoms with E-state index in [9.17, 15) is 14.0 Å². The van der Waals surface area contributed by atoms with Gasteiger partial charge >= 0.3 is 0 Å². The summed E-state index contributed by atoms with van der Waals surface area (Å²) in [6.45, 7) is 1.91. The summed E-state index contributed by atoms with van der Waals surface area (Å²) in [7, 11) is 0. The molecule has 1 aromatic heterocycles. The largest absolute Gasteiger partial charge is 0.319 e. The van der Waals surface area contributed by atoms with Crippen LogP contribution in [0.4, 0.5) is 10.1 Å². The number of nitrogens with zero attached hydrogens (tertiary/aromatic N) is 1. The van der Waals surface area contributed by atoms with E-state index in [0.717, 1.165) is 10.9 Å². The second-order valence-corrected chi connectivity index (χ2v) is 7.23.